The van der Waals surface area contributed by atoms with Crippen molar-refractivity contribution in [2.45, 2.75) is 58.8 Å². The molecule has 1 aromatic carbocycles. The van der Waals surface area contributed by atoms with Gasteiger partial charge in [0.2, 0.25) is 0 Å². The molecule has 4 rings (SSSR count). The normalized spacial score (nSPS) is 25.9. The maximum absolute atomic E-state index is 13.2. The molecule has 3 amide bonds. The third-order valence-electron chi connectivity index (χ3n) is 6.28. The van der Waals surface area contributed by atoms with E-state index in [1.165, 1.54) is 12.1 Å². The molecule has 2 atom stereocenters. The first-order chi connectivity index (χ1) is 15.5. The van der Waals surface area contributed by atoms with Gasteiger partial charge >= 0.3 is 12.0 Å². The Labute approximate surface area is 190 Å². The number of nitro benzene ring substituents is 1. The number of fused-ring (bicyclic) bond motifs is 1. The first kappa shape index (κ1) is 23.0. The Kier molecular flexibility index (Phi) is 5.77. The summed E-state index contributed by atoms with van der Waals surface area (Å²) in [7, 11) is 0. The van der Waals surface area contributed by atoms with Crippen LogP contribution in [0.3, 0.4) is 0 Å². The number of non-ortho nitro benzene ring substituents is 1. The molecule has 1 spiro atoms. The maximum Gasteiger partial charge on any atom is 0.326 e. The van der Waals surface area contributed by atoms with Gasteiger partial charge in [-0.25, -0.2) is 4.79 Å². The largest absolute Gasteiger partial charge is 0.467 e. The van der Waals surface area contributed by atoms with Gasteiger partial charge in [-0.1, -0.05) is 20.8 Å². The molecule has 1 N–H and O–H groups in total. The van der Waals surface area contributed by atoms with Crippen LogP contribution in [0.15, 0.2) is 12.1 Å². The van der Waals surface area contributed by atoms with Crippen LogP contribution in [0, 0.1) is 21.4 Å². The van der Waals surface area contributed by atoms with Crippen LogP contribution in [0.2, 0.25) is 0 Å². The highest BCUT2D eigenvalue weighted by Crippen LogP contribution is 2.46. The SMILES string of the molecule is C[C@@H]1CC(C)(C)C[C@@]2(C1)NC(=O)N(CC(=O)OCc1cc([N+](=O)[O-])cc3c1OCOC3)C2=O. The average Bonchev–Trinajstić information content (AvgIpc) is 2.93. The van der Waals surface area contributed by atoms with Gasteiger partial charge in [-0.3, -0.25) is 24.6 Å². The molecule has 1 aromatic rings. The van der Waals surface area contributed by atoms with E-state index in [4.69, 9.17) is 14.2 Å². The van der Waals surface area contributed by atoms with E-state index in [-0.39, 0.29) is 37.0 Å². The number of carbonyl (C=O) groups is 3. The zero-order chi connectivity index (χ0) is 24.0. The number of nitrogens with one attached hydrogen (secondary N) is 1. The fourth-order valence-electron chi connectivity index (χ4n) is 5.48. The molecule has 0 unspecified atom stereocenters. The van der Waals surface area contributed by atoms with Crippen LogP contribution in [0.5, 0.6) is 5.75 Å². The fraction of sp³-hybridized carbons (Fsp3) is 0.591. The number of amides is 3. The summed E-state index contributed by atoms with van der Waals surface area (Å²) in [6.45, 7) is 5.44. The number of nitrogens with zero attached hydrogens (tertiary/aromatic N) is 2. The Bertz CT molecular complexity index is 1020. The number of urea groups is 1. The molecule has 2 aliphatic heterocycles. The second kappa shape index (κ2) is 8.29. The van der Waals surface area contributed by atoms with Crippen LogP contribution >= 0.6 is 0 Å². The van der Waals surface area contributed by atoms with Gasteiger partial charge in [0.1, 0.15) is 24.4 Å². The molecular formula is C22H27N3O8. The zero-order valence-electron chi connectivity index (χ0n) is 18.8. The summed E-state index contributed by atoms with van der Waals surface area (Å²) < 4.78 is 15.9. The van der Waals surface area contributed by atoms with Gasteiger partial charge in [-0.2, -0.15) is 0 Å². The number of esters is 1. The summed E-state index contributed by atoms with van der Waals surface area (Å²) in [6.07, 6.45) is 1.96. The van der Waals surface area contributed by atoms with E-state index < -0.39 is 34.9 Å². The molecule has 3 aliphatic rings. The topological polar surface area (TPSA) is 137 Å². The Morgan fingerprint density at radius 1 is 1.33 bits per heavy atom. The van der Waals surface area contributed by atoms with Crippen molar-refractivity contribution in [2.24, 2.45) is 11.3 Å². The molecular weight excluding hydrogens is 434 g/mol. The summed E-state index contributed by atoms with van der Waals surface area (Å²) in [5.74, 6) is -0.607. The predicted molar refractivity (Wildman–Crippen MR) is 113 cm³/mol. The quantitative estimate of drug-likeness (QED) is 0.306. The molecule has 0 bridgehead atoms. The van der Waals surface area contributed by atoms with E-state index in [0.29, 0.717) is 29.7 Å². The van der Waals surface area contributed by atoms with Gasteiger partial charge in [-0.15, -0.1) is 0 Å². The van der Waals surface area contributed by atoms with E-state index in [9.17, 15) is 24.5 Å². The van der Waals surface area contributed by atoms with Crippen LogP contribution in [0.1, 0.15) is 51.2 Å². The molecule has 11 heteroatoms. The van der Waals surface area contributed by atoms with Crippen molar-refractivity contribution in [1.29, 1.82) is 0 Å². The van der Waals surface area contributed by atoms with Crippen LogP contribution in [-0.4, -0.2) is 46.6 Å². The highest BCUT2D eigenvalue weighted by molar-refractivity contribution is 6.08. The van der Waals surface area contributed by atoms with Crippen molar-refractivity contribution >= 4 is 23.6 Å². The lowest BCUT2D eigenvalue weighted by Crippen LogP contribution is -2.54. The monoisotopic (exact) mass is 461 g/mol. The summed E-state index contributed by atoms with van der Waals surface area (Å²) >= 11 is 0. The molecule has 33 heavy (non-hydrogen) atoms. The van der Waals surface area contributed by atoms with Crippen molar-refractivity contribution in [2.75, 3.05) is 13.3 Å². The Morgan fingerprint density at radius 3 is 2.79 bits per heavy atom. The maximum atomic E-state index is 13.2. The first-order valence-electron chi connectivity index (χ1n) is 10.8. The number of rotatable bonds is 5. The number of imide groups is 1. The average molecular weight is 461 g/mol. The lowest BCUT2D eigenvalue weighted by Gasteiger charge is -2.43. The molecule has 2 fully saturated rings. The van der Waals surface area contributed by atoms with Gasteiger partial charge in [0.25, 0.3) is 11.6 Å². The van der Waals surface area contributed by atoms with Crippen LogP contribution in [0.4, 0.5) is 10.5 Å². The Morgan fingerprint density at radius 2 is 2.09 bits per heavy atom. The van der Waals surface area contributed by atoms with Crippen LogP contribution in [0.25, 0.3) is 0 Å². The lowest BCUT2D eigenvalue weighted by molar-refractivity contribution is -0.385. The summed E-state index contributed by atoms with van der Waals surface area (Å²) in [4.78, 5) is 49.8. The van der Waals surface area contributed by atoms with E-state index in [2.05, 4.69) is 19.2 Å². The fourth-order valence-corrected chi connectivity index (χ4v) is 5.48. The first-order valence-corrected chi connectivity index (χ1v) is 10.8. The minimum atomic E-state index is -1.01. The summed E-state index contributed by atoms with van der Waals surface area (Å²) in [5.41, 5.74) is -0.522. The van der Waals surface area contributed by atoms with Gasteiger partial charge in [0, 0.05) is 23.3 Å². The molecule has 0 radical (unpaired) electrons. The van der Waals surface area contributed by atoms with Crippen molar-refractivity contribution in [3.8, 4) is 5.75 Å². The second-order valence-electron chi connectivity index (χ2n) is 9.88. The zero-order valence-corrected chi connectivity index (χ0v) is 18.8. The number of ether oxygens (including phenoxy) is 3. The highest BCUT2D eigenvalue weighted by Gasteiger charge is 2.56. The summed E-state index contributed by atoms with van der Waals surface area (Å²) in [5, 5.41) is 14.0. The molecule has 2 heterocycles. The van der Waals surface area contributed by atoms with Crippen LogP contribution < -0.4 is 10.1 Å². The molecule has 1 aliphatic carbocycles. The standard InChI is InChI=1S/C22H27N3O8/c1-13-6-21(2,3)11-22(7-13)19(27)24(20(28)23-22)8-17(26)32-10-15-5-16(25(29)30)4-14-9-31-12-33-18(14)15/h4-5,13H,6-12H2,1-3H3,(H,23,28)/t13-,22-/m1/s1. The van der Waals surface area contributed by atoms with Gasteiger partial charge in [0.05, 0.1) is 11.5 Å². The predicted octanol–water partition coefficient (Wildman–Crippen LogP) is 2.64. The van der Waals surface area contributed by atoms with E-state index >= 15 is 0 Å². The third-order valence-corrected chi connectivity index (χ3v) is 6.28. The van der Waals surface area contributed by atoms with E-state index in [1.807, 2.05) is 6.92 Å². The van der Waals surface area contributed by atoms with Gasteiger partial charge in [-0.05, 0) is 30.6 Å². The van der Waals surface area contributed by atoms with Gasteiger partial charge in [0.15, 0.2) is 6.79 Å². The minimum absolute atomic E-state index is 0.0228. The highest BCUT2D eigenvalue weighted by atomic mass is 16.7. The van der Waals surface area contributed by atoms with Crippen molar-refractivity contribution in [3.05, 3.63) is 33.4 Å². The molecule has 1 saturated carbocycles. The van der Waals surface area contributed by atoms with Crippen molar-refractivity contribution in [1.82, 2.24) is 10.2 Å². The van der Waals surface area contributed by atoms with Crippen molar-refractivity contribution < 1.29 is 33.5 Å². The third kappa shape index (κ3) is 4.50. The van der Waals surface area contributed by atoms with Crippen LogP contribution in [-0.2, 0) is 32.3 Å². The van der Waals surface area contributed by atoms with E-state index in [1.54, 1.807) is 0 Å². The van der Waals surface area contributed by atoms with Gasteiger partial charge < -0.3 is 19.5 Å². The lowest BCUT2D eigenvalue weighted by atomic mass is 9.64. The summed E-state index contributed by atoms with van der Waals surface area (Å²) in [6, 6.07) is 2.00. The Hall–Kier alpha value is -3.21. The van der Waals surface area contributed by atoms with Crippen molar-refractivity contribution in [3.63, 3.8) is 0 Å². The Balaban J connectivity index is 1.45. The second-order valence-corrected chi connectivity index (χ2v) is 9.88. The molecule has 1 saturated heterocycles. The number of carbonyl (C=O) groups excluding carboxylic acids is 3. The minimum Gasteiger partial charge on any atom is -0.467 e. The number of benzene rings is 1. The number of hydrogen-bond donors (Lipinski definition) is 1. The number of hydrogen-bond acceptors (Lipinski definition) is 8. The number of nitro groups is 1. The smallest absolute Gasteiger partial charge is 0.326 e. The molecule has 0 aromatic heterocycles. The molecule has 11 nitrogen and oxygen atoms in total. The van der Waals surface area contributed by atoms with E-state index in [0.717, 1.165) is 11.3 Å². The molecule has 178 valence electrons.